The van der Waals surface area contributed by atoms with E-state index >= 15 is 0 Å². The summed E-state index contributed by atoms with van der Waals surface area (Å²) in [5.74, 6) is -1.63. The molecule has 0 aliphatic heterocycles. The maximum Gasteiger partial charge on any atom is 0.269 e. The van der Waals surface area contributed by atoms with Crippen LogP contribution in [0.4, 0.5) is 21.5 Å². The van der Waals surface area contributed by atoms with Gasteiger partial charge in [0.25, 0.3) is 11.6 Å². The second kappa shape index (κ2) is 6.65. The van der Waals surface area contributed by atoms with Gasteiger partial charge in [0, 0.05) is 30.3 Å². The second-order valence-electron chi connectivity index (χ2n) is 4.63. The number of non-ortho nitro benzene ring substituents is 1. The van der Waals surface area contributed by atoms with Gasteiger partial charge in [0.2, 0.25) is 5.91 Å². The van der Waals surface area contributed by atoms with Crippen LogP contribution in [-0.4, -0.2) is 16.7 Å². The summed E-state index contributed by atoms with van der Waals surface area (Å²) in [5, 5.41) is 15.4. The molecular formula is C15H12FN3O4. The number of rotatable bonds is 4. The molecule has 23 heavy (non-hydrogen) atoms. The van der Waals surface area contributed by atoms with E-state index in [2.05, 4.69) is 10.6 Å². The molecule has 0 saturated heterocycles. The zero-order valence-corrected chi connectivity index (χ0v) is 12.0. The topological polar surface area (TPSA) is 101 Å². The van der Waals surface area contributed by atoms with Crippen molar-refractivity contribution >= 4 is 28.9 Å². The Labute approximate surface area is 130 Å². The molecule has 2 amide bonds. The van der Waals surface area contributed by atoms with Crippen LogP contribution in [0.5, 0.6) is 0 Å². The molecule has 0 unspecified atom stereocenters. The minimum Gasteiger partial charge on any atom is -0.326 e. The summed E-state index contributed by atoms with van der Waals surface area (Å²) < 4.78 is 13.7. The van der Waals surface area contributed by atoms with Gasteiger partial charge in [0.05, 0.1) is 10.6 Å². The zero-order chi connectivity index (χ0) is 17.0. The van der Waals surface area contributed by atoms with Crippen LogP contribution in [0, 0.1) is 15.9 Å². The standard InChI is InChI=1S/C15H12FN3O4/c1-9(20)17-11-4-7-13(16)14(8-11)18-15(21)10-2-5-12(6-3-10)19(22)23/h2-8H,1H3,(H,17,20)(H,18,21). The Morgan fingerprint density at radius 1 is 1.09 bits per heavy atom. The van der Waals surface area contributed by atoms with Gasteiger partial charge in [-0.1, -0.05) is 0 Å². The van der Waals surface area contributed by atoms with Crippen molar-refractivity contribution in [3.05, 3.63) is 64.0 Å². The molecule has 0 spiro atoms. The fourth-order valence-corrected chi connectivity index (χ4v) is 1.83. The highest BCUT2D eigenvalue weighted by Crippen LogP contribution is 2.21. The highest BCUT2D eigenvalue weighted by Gasteiger charge is 2.12. The Hall–Kier alpha value is -3.29. The third-order valence-electron chi connectivity index (χ3n) is 2.88. The first-order valence-electron chi connectivity index (χ1n) is 6.50. The van der Waals surface area contributed by atoms with Gasteiger partial charge < -0.3 is 10.6 Å². The second-order valence-corrected chi connectivity index (χ2v) is 4.63. The number of carbonyl (C=O) groups is 2. The number of hydrogen-bond donors (Lipinski definition) is 2. The van der Waals surface area contributed by atoms with E-state index < -0.39 is 16.6 Å². The lowest BCUT2D eigenvalue weighted by Gasteiger charge is -2.09. The summed E-state index contributed by atoms with van der Waals surface area (Å²) in [6.07, 6.45) is 0. The Morgan fingerprint density at radius 3 is 2.30 bits per heavy atom. The Morgan fingerprint density at radius 2 is 1.74 bits per heavy atom. The average molecular weight is 317 g/mol. The predicted molar refractivity (Wildman–Crippen MR) is 81.8 cm³/mol. The van der Waals surface area contributed by atoms with Crippen molar-refractivity contribution in [2.24, 2.45) is 0 Å². The van der Waals surface area contributed by atoms with E-state index in [1.807, 2.05) is 0 Å². The van der Waals surface area contributed by atoms with Crippen molar-refractivity contribution in [1.29, 1.82) is 0 Å². The van der Waals surface area contributed by atoms with Crippen LogP contribution in [0.2, 0.25) is 0 Å². The van der Waals surface area contributed by atoms with E-state index in [0.29, 0.717) is 5.69 Å². The number of nitrogens with zero attached hydrogens (tertiary/aromatic N) is 1. The van der Waals surface area contributed by atoms with Crippen molar-refractivity contribution < 1.29 is 18.9 Å². The first kappa shape index (κ1) is 16.1. The minimum absolute atomic E-state index is 0.111. The number of nitro benzene ring substituents is 1. The zero-order valence-electron chi connectivity index (χ0n) is 12.0. The van der Waals surface area contributed by atoms with Gasteiger partial charge in [-0.05, 0) is 30.3 Å². The monoisotopic (exact) mass is 317 g/mol. The van der Waals surface area contributed by atoms with Gasteiger partial charge in [-0.2, -0.15) is 0 Å². The lowest BCUT2D eigenvalue weighted by molar-refractivity contribution is -0.384. The number of anilines is 2. The summed E-state index contributed by atoms with van der Waals surface area (Å²) in [6, 6.07) is 8.64. The lowest BCUT2D eigenvalue weighted by Crippen LogP contribution is -2.14. The normalized spacial score (nSPS) is 10.0. The molecule has 2 rings (SSSR count). The molecule has 8 heteroatoms. The smallest absolute Gasteiger partial charge is 0.269 e. The third kappa shape index (κ3) is 4.10. The van der Waals surface area contributed by atoms with E-state index in [9.17, 15) is 24.1 Å². The van der Waals surface area contributed by atoms with Crippen molar-refractivity contribution in [2.45, 2.75) is 6.92 Å². The van der Waals surface area contributed by atoms with Crippen molar-refractivity contribution in [2.75, 3.05) is 10.6 Å². The maximum absolute atomic E-state index is 13.7. The van der Waals surface area contributed by atoms with Crippen LogP contribution >= 0.6 is 0 Å². The maximum atomic E-state index is 13.7. The molecule has 0 saturated carbocycles. The molecule has 0 atom stereocenters. The van der Waals surface area contributed by atoms with Crippen LogP contribution in [0.3, 0.4) is 0 Å². The highest BCUT2D eigenvalue weighted by atomic mass is 19.1. The molecular weight excluding hydrogens is 305 g/mol. The summed E-state index contributed by atoms with van der Waals surface area (Å²) in [6.45, 7) is 1.30. The molecule has 0 aliphatic carbocycles. The number of benzene rings is 2. The largest absolute Gasteiger partial charge is 0.326 e. The molecule has 2 aromatic carbocycles. The fourth-order valence-electron chi connectivity index (χ4n) is 1.83. The number of nitrogens with one attached hydrogen (secondary N) is 2. The highest BCUT2D eigenvalue weighted by molar-refractivity contribution is 6.04. The van der Waals surface area contributed by atoms with E-state index in [-0.39, 0.29) is 22.8 Å². The van der Waals surface area contributed by atoms with Crippen molar-refractivity contribution in [1.82, 2.24) is 0 Å². The van der Waals surface area contributed by atoms with E-state index in [4.69, 9.17) is 0 Å². The van der Waals surface area contributed by atoms with Crippen LogP contribution in [0.15, 0.2) is 42.5 Å². The van der Waals surface area contributed by atoms with Crippen molar-refractivity contribution in [3.63, 3.8) is 0 Å². The summed E-state index contributed by atoms with van der Waals surface area (Å²) in [7, 11) is 0. The average Bonchev–Trinajstić information content (AvgIpc) is 2.50. The lowest BCUT2D eigenvalue weighted by atomic mass is 10.2. The first-order valence-corrected chi connectivity index (χ1v) is 6.50. The van der Waals surface area contributed by atoms with Crippen LogP contribution in [0.1, 0.15) is 17.3 Å². The van der Waals surface area contributed by atoms with E-state index in [1.165, 1.54) is 43.3 Å². The fraction of sp³-hybridized carbons (Fsp3) is 0.0667. The van der Waals surface area contributed by atoms with Crippen LogP contribution in [-0.2, 0) is 4.79 Å². The quantitative estimate of drug-likeness (QED) is 0.668. The molecule has 0 heterocycles. The number of amides is 2. The molecule has 0 bridgehead atoms. The molecule has 2 N–H and O–H groups in total. The van der Waals surface area contributed by atoms with Gasteiger partial charge in [0.15, 0.2) is 0 Å². The molecule has 0 aliphatic rings. The summed E-state index contributed by atoms with van der Waals surface area (Å²) >= 11 is 0. The SMILES string of the molecule is CC(=O)Nc1ccc(F)c(NC(=O)c2ccc([N+](=O)[O-])cc2)c1. The molecule has 0 radical (unpaired) electrons. The van der Waals surface area contributed by atoms with Gasteiger partial charge in [-0.25, -0.2) is 4.39 Å². The van der Waals surface area contributed by atoms with E-state index in [1.54, 1.807) is 0 Å². The third-order valence-corrected chi connectivity index (χ3v) is 2.88. The minimum atomic E-state index is -0.672. The molecule has 0 aromatic heterocycles. The Balaban J connectivity index is 2.19. The van der Waals surface area contributed by atoms with Crippen LogP contribution < -0.4 is 10.6 Å². The molecule has 118 valence electrons. The molecule has 2 aromatic rings. The number of carbonyl (C=O) groups excluding carboxylic acids is 2. The number of hydrogen-bond acceptors (Lipinski definition) is 4. The van der Waals surface area contributed by atoms with Gasteiger partial charge in [0.1, 0.15) is 5.82 Å². The summed E-state index contributed by atoms with van der Waals surface area (Å²) in [4.78, 5) is 33.0. The van der Waals surface area contributed by atoms with Gasteiger partial charge >= 0.3 is 0 Å². The summed E-state index contributed by atoms with van der Waals surface area (Å²) in [5.41, 5.74) is 0.206. The van der Waals surface area contributed by atoms with Crippen molar-refractivity contribution in [3.8, 4) is 0 Å². The number of nitro groups is 1. The first-order chi connectivity index (χ1) is 10.9. The molecule has 0 fully saturated rings. The predicted octanol–water partition coefficient (Wildman–Crippen LogP) is 2.94. The number of halogens is 1. The Bertz CT molecular complexity index is 775. The molecule has 7 nitrogen and oxygen atoms in total. The Kier molecular flexibility index (Phi) is 4.65. The van der Waals surface area contributed by atoms with E-state index in [0.717, 1.165) is 6.07 Å². The van der Waals surface area contributed by atoms with Gasteiger partial charge in [-0.15, -0.1) is 0 Å². The van der Waals surface area contributed by atoms with Gasteiger partial charge in [-0.3, -0.25) is 19.7 Å². The van der Waals surface area contributed by atoms with Crippen LogP contribution in [0.25, 0.3) is 0 Å².